The van der Waals surface area contributed by atoms with Gasteiger partial charge in [0, 0.05) is 18.3 Å². The quantitative estimate of drug-likeness (QED) is 0.698. The average molecular weight is 242 g/mol. The molecule has 0 amide bonds. The van der Waals surface area contributed by atoms with Crippen LogP contribution in [-0.2, 0) is 16.1 Å². The Morgan fingerprint density at radius 2 is 2.24 bits per heavy atom. The Bertz CT molecular complexity index is 364. The highest BCUT2D eigenvalue weighted by atomic mass is 16.5. The van der Waals surface area contributed by atoms with Crippen LogP contribution in [0.25, 0.3) is 0 Å². The van der Waals surface area contributed by atoms with Gasteiger partial charge in [-0.1, -0.05) is 6.92 Å². The van der Waals surface area contributed by atoms with Crippen molar-refractivity contribution in [1.29, 1.82) is 0 Å². The molecular formula is C11H18N2O4. The lowest BCUT2D eigenvalue weighted by Gasteiger charge is -2.14. The number of carbonyl (C=O) groups excluding carboxylic acids is 1. The van der Waals surface area contributed by atoms with Gasteiger partial charge in [0.15, 0.2) is 6.10 Å². The van der Waals surface area contributed by atoms with Crippen LogP contribution in [0.3, 0.4) is 0 Å². The van der Waals surface area contributed by atoms with Crippen molar-refractivity contribution in [1.82, 2.24) is 9.78 Å². The molecule has 1 aromatic rings. The minimum Gasteiger partial charge on any atom is -0.464 e. The molecule has 6 nitrogen and oxygen atoms in total. The van der Waals surface area contributed by atoms with Gasteiger partial charge in [-0.15, -0.1) is 0 Å². The fourth-order valence-electron chi connectivity index (χ4n) is 1.42. The minimum atomic E-state index is -1.57. The van der Waals surface area contributed by atoms with E-state index in [2.05, 4.69) is 9.84 Å². The Morgan fingerprint density at radius 1 is 1.53 bits per heavy atom. The number of hydrogen-bond acceptors (Lipinski definition) is 5. The van der Waals surface area contributed by atoms with Gasteiger partial charge in [-0.25, -0.2) is 4.79 Å². The van der Waals surface area contributed by atoms with Crippen LogP contribution < -0.4 is 0 Å². The average Bonchev–Trinajstić information content (AvgIpc) is 2.76. The number of aromatic nitrogens is 2. The number of esters is 1. The van der Waals surface area contributed by atoms with E-state index >= 15 is 0 Å². The van der Waals surface area contributed by atoms with Crippen molar-refractivity contribution in [2.24, 2.45) is 0 Å². The van der Waals surface area contributed by atoms with Gasteiger partial charge in [0.2, 0.25) is 0 Å². The molecule has 2 unspecified atom stereocenters. The Labute approximate surface area is 99.8 Å². The van der Waals surface area contributed by atoms with Crippen LogP contribution in [0.1, 0.15) is 31.9 Å². The van der Waals surface area contributed by atoms with Gasteiger partial charge in [-0.3, -0.25) is 4.68 Å². The summed E-state index contributed by atoms with van der Waals surface area (Å²) in [6, 6.07) is 0. The summed E-state index contributed by atoms with van der Waals surface area (Å²) in [5, 5.41) is 23.3. The molecule has 96 valence electrons. The van der Waals surface area contributed by atoms with E-state index in [9.17, 15) is 15.0 Å². The first-order valence-corrected chi connectivity index (χ1v) is 5.65. The lowest BCUT2D eigenvalue weighted by atomic mass is 10.1. The van der Waals surface area contributed by atoms with Crippen LogP contribution in [0.5, 0.6) is 0 Å². The Hall–Kier alpha value is -1.40. The zero-order chi connectivity index (χ0) is 12.8. The van der Waals surface area contributed by atoms with E-state index in [0.29, 0.717) is 5.56 Å². The predicted octanol–water partition coefficient (Wildman–Crippen LogP) is 0.250. The number of nitrogens with zero attached hydrogens (tertiary/aromatic N) is 2. The standard InChI is InChI=1S/C11H18N2O4/c1-3-5-13-7-8(6-12-13)9(14)10(15)11(16)17-4-2/h6-7,9-10,14-15H,3-5H2,1-2H3. The van der Waals surface area contributed by atoms with Crippen LogP contribution in [0.15, 0.2) is 12.4 Å². The number of ether oxygens (including phenoxy) is 1. The summed E-state index contributed by atoms with van der Waals surface area (Å²) in [6.45, 7) is 4.53. The van der Waals surface area contributed by atoms with E-state index in [1.54, 1.807) is 17.8 Å². The summed E-state index contributed by atoms with van der Waals surface area (Å²) in [6.07, 6.45) is 1.07. The van der Waals surface area contributed by atoms with Crippen molar-refractivity contribution in [3.63, 3.8) is 0 Å². The second kappa shape index (κ2) is 6.36. The summed E-state index contributed by atoms with van der Waals surface area (Å²) in [5.74, 6) is -0.830. The van der Waals surface area contributed by atoms with E-state index in [-0.39, 0.29) is 6.61 Å². The highest BCUT2D eigenvalue weighted by Crippen LogP contribution is 2.17. The molecular weight excluding hydrogens is 224 g/mol. The van der Waals surface area contributed by atoms with Crippen LogP contribution in [0.4, 0.5) is 0 Å². The minimum absolute atomic E-state index is 0.164. The summed E-state index contributed by atoms with van der Waals surface area (Å²) < 4.78 is 6.27. The van der Waals surface area contributed by atoms with Crippen LogP contribution >= 0.6 is 0 Å². The predicted molar refractivity (Wildman–Crippen MR) is 60.1 cm³/mol. The summed E-state index contributed by atoms with van der Waals surface area (Å²) >= 11 is 0. The highest BCUT2D eigenvalue weighted by Gasteiger charge is 2.27. The maximum Gasteiger partial charge on any atom is 0.338 e. The molecule has 0 saturated carbocycles. The maximum atomic E-state index is 11.2. The van der Waals surface area contributed by atoms with E-state index in [0.717, 1.165) is 13.0 Å². The molecule has 2 atom stereocenters. The van der Waals surface area contributed by atoms with Gasteiger partial charge in [0.05, 0.1) is 12.8 Å². The molecule has 17 heavy (non-hydrogen) atoms. The summed E-state index contributed by atoms with van der Waals surface area (Å²) in [5.41, 5.74) is 0.402. The topological polar surface area (TPSA) is 84.6 Å². The number of rotatable bonds is 6. The molecule has 1 heterocycles. The first-order chi connectivity index (χ1) is 8.10. The van der Waals surface area contributed by atoms with Gasteiger partial charge in [0.1, 0.15) is 6.10 Å². The number of aryl methyl sites for hydroxylation is 1. The third-order valence-electron chi connectivity index (χ3n) is 2.27. The van der Waals surface area contributed by atoms with Crippen molar-refractivity contribution in [2.45, 2.75) is 39.0 Å². The van der Waals surface area contributed by atoms with Crippen LogP contribution in [0, 0.1) is 0 Å². The van der Waals surface area contributed by atoms with Gasteiger partial charge in [-0.2, -0.15) is 5.10 Å². The third kappa shape index (κ3) is 3.54. The number of aliphatic hydroxyl groups is 2. The number of carbonyl (C=O) groups is 1. The molecule has 0 fully saturated rings. The Balaban J connectivity index is 2.67. The molecule has 0 aliphatic heterocycles. The normalized spacial score (nSPS) is 14.4. The molecule has 1 rings (SSSR count). The molecule has 1 aromatic heterocycles. The second-order valence-electron chi connectivity index (χ2n) is 3.68. The fraction of sp³-hybridized carbons (Fsp3) is 0.636. The van der Waals surface area contributed by atoms with E-state index in [1.807, 2.05) is 6.92 Å². The molecule has 0 aromatic carbocycles. The highest BCUT2D eigenvalue weighted by molar-refractivity contribution is 5.75. The SMILES string of the molecule is CCCn1cc(C(O)C(O)C(=O)OCC)cn1. The largest absolute Gasteiger partial charge is 0.464 e. The molecule has 0 aliphatic rings. The molecule has 0 spiro atoms. The molecule has 0 saturated heterocycles. The Kier molecular flexibility index (Phi) is 5.11. The van der Waals surface area contributed by atoms with E-state index in [4.69, 9.17) is 0 Å². The van der Waals surface area contributed by atoms with Gasteiger partial charge in [-0.05, 0) is 13.3 Å². The van der Waals surface area contributed by atoms with Crippen molar-refractivity contribution in [3.05, 3.63) is 18.0 Å². The smallest absolute Gasteiger partial charge is 0.338 e. The first kappa shape index (κ1) is 13.7. The van der Waals surface area contributed by atoms with Gasteiger partial charge in [0.25, 0.3) is 0 Å². The second-order valence-corrected chi connectivity index (χ2v) is 3.68. The monoisotopic (exact) mass is 242 g/mol. The fourth-order valence-corrected chi connectivity index (χ4v) is 1.42. The number of aliphatic hydroxyl groups excluding tert-OH is 2. The van der Waals surface area contributed by atoms with Gasteiger partial charge >= 0.3 is 5.97 Å². The van der Waals surface area contributed by atoms with Crippen LogP contribution in [-0.4, -0.2) is 38.7 Å². The molecule has 2 N–H and O–H groups in total. The molecule has 0 bridgehead atoms. The third-order valence-corrected chi connectivity index (χ3v) is 2.27. The first-order valence-electron chi connectivity index (χ1n) is 5.65. The number of hydrogen-bond donors (Lipinski definition) is 2. The van der Waals surface area contributed by atoms with Crippen molar-refractivity contribution in [3.8, 4) is 0 Å². The van der Waals surface area contributed by atoms with Crippen molar-refractivity contribution < 1.29 is 19.7 Å². The van der Waals surface area contributed by atoms with E-state index in [1.165, 1.54) is 6.20 Å². The van der Waals surface area contributed by atoms with Crippen LogP contribution in [0.2, 0.25) is 0 Å². The van der Waals surface area contributed by atoms with Crippen molar-refractivity contribution in [2.75, 3.05) is 6.61 Å². The van der Waals surface area contributed by atoms with Gasteiger partial charge < -0.3 is 14.9 Å². The van der Waals surface area contributed by atoms with E-state index < -0.39 is 18.2 Å². The zero-order valence-corrected chi connectivity index (χ0v) is 10.0. The summed E-state index contributed by atoms with van der Waals surface area (Å²) in [4.78, 5) is 11.2. The lowest BCUT2D eigenvalue weighted by Crippen LogP contribution is -2.29. The summed E-state index contributed by atoms with van der Waals surface area (Å²) in [7, 11) is 0. The van der Waals surface area contributed by atoms with Crippen molar-refractivity contribution >= 4 is 5.97 Å². The molecule has 0 radical (unpaired) electrons. The molecule has 0 aliphatic carbocycles. The Morgan fingerprint density at radius 3 is 2.82 bits per heavy atom. The maximum absolute atomic E-state index is 11.2. The molecule has 6 heteroatoms. The lowest BCUT2D eigenvalue weighted by molar-refractivity contribution is -0.159. The zero-order valence-electron chi connectivity index (χ0n) is 10.0.